The molecular weight excluding hydrogens is 226 g/mol. The Hall–Kier alpha value is -1.42. The van der Waals surface area contributed by atoms with Gasteiger partial charge in [0.2, 0.25) is 5.91 Å². The smallest absolute Gasteiger partial charge is 0.222 e. The van der Waals surface area contributed by atoms with E-state index in [0.29, 0.717) is 12.3 Å². The molecule has 1 N–H and O–H groups in total. The summed E-state index contributed by atoms with van der Waals surface area (Å²) in [4.78, 5) is 18.1. The number of carbonyl (C=O) groups is 1. The lowest BCUT2D eigenvalue weighted by atomic mass is 10.1. The van der Waals surface area contributed by atoms with Crippen molar-refractivity contribution in [2.24, 2.45) is 5.92 Å². The van der Waals surface area contributed by atoms with Crippen LogP contribution < -0.4 is 5.32 Å². The fourth-order valence-electron chi connectivity index (χ4n) is 2.47. The molecule has 0 aromatic carbocycles. The number of nitrogens with zero attached hydrogens (tertiary/aromatic N) is 2. The van der Waals surface area contributed by atoms with Crippen molar-refractivity contribution in [3.05, 3.63) is 30.1 Å². The maximum atomic E-state index is 12.1. The normalized spacial score (nSPS) is 19.2. The van der Waals surface area contributed by atoms with Gasteiger partial charge < -0.3 is 10.2 Å². The summed E-state index contributed by atoms with van der Waals surface area (Å²) in [5, 5.41) is 3.18. The van der Waals surface area contributed by atoms with Gasteiger partial charge in [0.25, 0.3) is 0 Å². The van der Waals surface area contributed by atoms with Crippen LogP contribution in [0.3, 0.4) is 0 Å². The lowest BCUT2D eigenvalue weighted by molar-refractivity contribution is -0.130. The average molecular weight is 247 g/mol. The van der Waals surface area contributed by atoms with Gasteiger partial charge in [-0.25, -0.2) is 0 Å². The summed E-state index contributed by atoms with van der Waals surface area (Å²) in [7, 11) is 1.97. The van der Waals surface area contributed by atoms with Crippen LogP contribution in [0.1, 0.15) is 18.4 Å². The Labute approximate surface area is 108 Å². The van der Waals surface area contributed by atoms with Gasteiger partial charge in [-0.15, -0.1) is 0 Å². The molecule has 1 amide bonds. The Kier molecular flexibility index (Phi) is 4.70. The van der Waals surface area contributed by atoms with Gasteiger partial charge in [0.1, 0.15) is 0 Å². The largest absolute Gasteiger partial charge is 0.342 e. The second-order valence-corrected chi connectivity index (χ2v) is 4.91. The van der Waals surface area contributed by atoms with Crippen molar-refractivity contribution in [2.45, 2.75) is 19.3 Å². The Bertz CT molecular complexity index is 380. The monoisotopic (exact) mass is 247 g/mol. The maximum Gasteiger partial charge on any atom is 0.222 e. The van der Waals surface area contributed by atoms with Crippen molar-refractivity contribution in [2.75, 3.05) is 26.7 Å². The third-order valence-corrected chi connectivity index (χ3v) is 3.48. The molecule has 1 fully saturated rings. The Morgan fingerprint density at radius 3 is 3.22 bits per heavy atom. The van der Waals surface area contributed by atoms with Crippen LogP contribution in [0.15, 0.2) is 24.5 Å². The van der Waals surface area contributed by atoms with Crippen molar-refractivity contribution in [1.29, 1.82) is 0 Å². The highest BCUT2D eigenvalue weighted by molar-refractivity contribution is 5.76. The zero-order chi connectivity index (χ0) is 12.8. The van der Waals surface area contributed by atoms with Gasteiger partial charge in [-0.05, 0) is 44.0 Å². The minimum Gasteiger partial charge on any atom is -0.342 e. The van der Waals surface area contributed by atoms with Crippen molar-refractivity contribution in [1.82, 2.24) is 15.2 Å². The average Bonchev–Trinajstić information content (AvgIpc) is 2.86. The van der Waals surface area contributed by atoms with Crippen LogP contribution in [0.5, 0.6) is 0 Å². The summed E-state index contributed by atoms with van der Waals surface area (Å²) in [6.07, 6.45) is 6.10. The molecule has 0 aliphatic carbocycles. The molecule has 0 bridgehead atoms. The fraction of sp³-hybridized carbons (Fsp3) is 0.571. The first-order valence-corrected chi connectivity index (χ1v) is 6.61. The van der Waals surface area contributed by atoms with Crippen LogP contribution in [0.2, 0.25) is 0 Å². The molecule has 18 heavy (non-hydrogen) atoms. The topological polar surface area (TPSA) is 45.2 Å². The van der Waals surface area contributed by atoms with Crippen molar-refractivity contribution >= 4 is 5.91 Å². The first-order valence-electron chi connectivity index (χ1n) is 6.61. The van der Waals surface area contributed by atoms with Crippen molar-refractivity contribution < 1.29 is 4.79 Å². The minimum atomic E-state index is 0.275. The Balaban J connectivity index is 1.76. The van der Waals surface area contributed by atoms with E-state index in [0.717, 1.165) is 38.0 Å². The number of rotatable bonds is 5. The van der Waals surface area contributed by atoms with E-state index in [-0.39, 0.29) is 5.91 Å². The summed E-state index contributed by atoms with van der Waals surface area (Å²) in [6.45, 7) is 2.83. The van der Waals surface area contributed by atoms with Crippen LogP contribution >= 0.6 is 0 Å². The third kappa shape index (κ3) is 3.53. The highest BCUT2D eigenvalue weighted by atomic mass is 16.2. The molecule has 1 aromatic rings. The number of hydrogen-bond donors (Lipinski definition) is 1. The highest BCUT2D eigenvalue weighted by Gasteiger charge is 2.25. The predicted molar refractivity (Wildman–Crippen MR) is 71.2 cm³/mol. The van der Waals surface area contributed by atoms with E-state index in [4.69, 9.17) is 0 Å². The zero-order valence-electron chi connectivity index (χ0n) is 10.9. The molecule has 1 unspecified atom stereocenters. The van der Waals surface area contributed by atoms with Crippen LogP contribution in [-0.4, -0.2) is 42.5 Å². The molecule has 1 aliphatic rings. The second-order valence-electron chi connectivity index (χ2n) is 4.91. The lowest BCUT2D eigenvalue weighted by Gasteiger charge is -2.16. The van der Waals surface area contributed by atoms with Crippen LogP contribution in [0, 0.1) is 5.92 Å². The molecule has 0 radical (unpaired) electrons. The van der Waals surface area contributed by atoms with Crippen molar-refractivity contribution in [3.8, 4) is 0 Å². The van der Waals surface area contributed by atoms with E-state index >= 15 is 0 Å². The molecule has 2 rings (SSSR count). The quantitative estimate of drug-likeness (QED) is 0.847. The summed E-state index contributed by atoms with van der Waals surface area (Å²) < 4.78 is 0. The van der Waals surface area contributed by atoms with Gasteiger partial charge in [0, 0.05) is 31.9 Å². The van der Waals surface area contributed by atoms with Gasteiger partial charge >= 0.3 is 0 Å². The number of aryl methyl sites for hydroxylation is 1. The number of aromatic nitrogens is 1. The summed E-state index contributed by atoms with van der Waals surface area (Å²) in [6, 6.07) is 3.94. The van der Waals surface area contributed by atoms with Crippen molar-refractivity contribution in [3.63, 3.8) is 0 Å². The van der Waals surface area contributed by atoms with Gasteiger partial charge in [0.05, 0.1) is 0 Å². The molecule has 1 saturated heterocycles. The van der Waals surface area contributed by atoms with Gasteiger partial charge in [-0.1, -0.05) is 6.07 Å². The summed E-state index contributed by atoms with van der Waals surface area (Å²) in [5.41, 5.74) is 1.14. The number of nitrogens with one attached hydrogen (secondary N) is 1. The molecule has 1 atom stereocenters. The molecule has 4 nitrogen and oxygen atoms in total. The predicted octanol–water partition coefficient (Wildman–Crippen LogP) is 1.08. The second kappa shape index (κ2) is 6.50. The van der Waals surface area contributed by atoms with E-state index in [9.17, 15) is 4.79 Å². The summed E-state index contributed by atoms with van der Waals surface area (Å²) >= 11 is 0. The van der Waals surface area contributed by atoms with E-state index in [1.54, 1.807) is 6.20 Å². The highest BCUT2D eigenvalue weighted by Crippen LogP contribution is 2.16. The molecular formula is C14H21N3O. The molecule has 1 aliphatic heterocycles. The third-order valence-electron chi connectivity index (χ3n) is 3.48. The minimum absolute atomic E-state index is 0.275. The molecule has 4 heteroatoms. The first kappa shape index (κ1) is 13.0. The van der Waals surface area contributed by atoms with Gasteiger partial charge in [-0.3, -0.25) is 9.78 Å². The Morgan fingerprint density at radius 1 is 1.61 bits per heavy atom. The fourth-order valence-corrected chi connectivity index (χ4v) is 2.47. The van der Waals surface area contributed by atoms with Gasteiger partial charge in [0.15, 0.2) is 0 Å². The van der Waals surface area contributed by atoms with Crippen LogP contribution in [-0.2, 0) is 11.2 Å². The standard InChI is InChI=1S/C14H21N3O/c1-15-9-13-6-8-17(11-13)14(18)5-4-12-3-2-7-16-10-12/h2-3,7,10,13,15H,4-6,8-9,11H2,1H3. The number of likely N-dealkylation sites (tertiary alicyclic amines) is 1. The number of pyridine rings is 1. The number of hydrogen-bond acceptors (Lipinski definition) is 3. The number of carbonyl (C=O) groups excluding carboxylic acids is 1. The van der Waals surface area contributed by atoms with Crippen LogP contribution in [0.4, 0.5) is 0 Å². The molecule has 0 saturated carbocycles. The number of amides is 1. The molecule has 1 aromatic heterocycles. The molecule has 98 valence electrons. The zero-order valence-corrected chi connectivity index (χ0v) is 10.9. The first-order chi connectivity index (χ1) is 8.79. The Morgan fingerprint density at radius 2 is 2.50 bits per heavy atom. The molecule has 0 spiro atoms. The van der Waals surface area contributed by atoms with Gasteiger partial charge in [-0.2, -0.15) is 0 Å². The SMILES string of the molecule is CNCC1CCN(C(=O)CCc2cccnc2)C1. The lowest BCUT2D eigenvalue weighted by Crippen LogP contribution is -2.30. The van der Waals surface area contributed by atoms with E-state index < -0.39 is 0 Å². The van der Waals surface area contributed by atoms with E-state index in [1.807, 2.05) is 30.3 Å². The maximum absolute atomic E-state index is 12.1. The van der Waals surface area contributed by atoms with E-state index in [1.165, 1.54) is 0 Å². The van der Waals surface area contributed by atoms with E-state index in [2.05, 4.69) is 10.3 Å². The van der Waals surface area contributed by atoms with Crippen LogP contribution in [0.25, 0.3) is 0 Å². The summed E-state index contributed by atoms with van der Waals surface area (Å²) in [5.74, 6) is 0.898. The molecule has 2 heterocycles.